The quantitative estimate of drug-likeness (QED) is 0.821. The number of carbonyl (C=O) groups is 1. The number of hydrogen-bond acceptors (Lipinski definition) is 3. The maximum Gasteiger partial charge on any atom is 0.412 e. The van der Waals surface area contributed by atoms with Crippen molar-refractivity contribution in [1.82, 2.24) is 0 Å². The van der Waals surface area contributed by atoms with Gasteiger partial charge < -0.3 is 9.47 Å². The second kappa shape index (κ2) is 6.83. The predicted octanol–water partition coefficient (Wildman–Crippen LogP) is 3.83. The molecule has 0 aromatic heterocycles. The van der Waals surface area contributed by atoms with Gasteiger partial charge in [-0.15, -0.1) is 0 Å². The Kier molecular flexibility index (Phi) is 5.42. The number of anilines is 1. The number of carbonyl (C=O) groups excluding carboxylic acids is 1. The molecule has 1 aromatic carbocycles. The highest BCUT2D eigenvalue weighted by Crippen LogP contribution is 2.27. The lowest BCUT2D eigenvalue weighted by Crippen LogP contribution is -2.18. The molecule has 104 valence electrons. The van der Waals surface area contributed by atoms with Crippen LogP contribution >= 0.6 is 0 Å². The van der Waals surface area contributed by atoms with E-state index in [-0.39, 0.29) is 6.10 Å². The zero-order valence-electron chi connectivity index (χ0n) is 11.9. The molecule has 0 heterocycles. The molecular formula is C15H21NO3. The summed E-state index contributed by atoms with van der Waals surface area (Å²) in [5.74, 6) is 0.862. The molecule has 1 rings (SSSR count). The lowest BCUT2D eigenvalue weighted by Gasteiger charge is -2.14. The second-order valence-electron chi connectivity index (χ2n) is 4.34. The van der Waals surface area contributed by atoms with Crippen LogP contribution in [-0.4, -0.2) is 18.8 Å². The normalized spacial score (nSPS) is 11.6. The summed E-state index contributed by atoms with van der Waals surface area (Å²) in [5, 5.41) is 2.69. The highest BCUT2D eigenvalue weighted by molar-refractivity contribution is 5.85. The average Bonchev–Trinajstić information content (AvgIpc) is 2.33. The molecule has 0 spiro atoms. The largest absolute Gasteiger partial charge is 0.493 e. The highest BCUT2D eigenvalue weighted by atomic mass is 16.6. The van der Waals surface area contributed by atoms with Crippen molar-refractivity contribution in [2.45, 2.75) is 33.8 Å². The Balaban J connectivity index is 2.80. The van der Waals surface area contributed by atoms with Gasteiger partial charge in [-0.25, -0.2) is 4.79 Å². The Morgan fingerprint density at radius 2 is 2.00 bits per heavy atom. The number of amides is 1. The molecule has 0 radical (unpaired) electrons. The van der Waals surface area contributed by atoms with E-state index in [2.05, 4.69) is 11.9 Å². The molecule has 0 aliphatic heterocycles. The summed E-state index contributed by atoms with van der Waals surface area (Å²) in [6.45, 7) is 11.8. The first kappa shape index (κ1) is 15.1. The molecule has 1 unspecified atom stereocenters. The van der Waals surface area contributed by atoms with Crippen LogP contribution in [0.1, 0.15) is 25.0 Å². The number of ether oxygens (including phenoxy) is 2. The van der Waals surface area contributed by atoms with Crippen LogP contribution in [0.5, 0.6) is 5.75 Å². The predicted molar refractivity (Wildman–Crippen MR) is 76.8 cm³/mol. The first-order valence-electron chi connectivity index (χ1n) is 6.32. The SMILES string of the molecule is C=CC(C)OC(=O)Nc1cc(C)c(OCC)c(C)c1. The van der Waals surface area contributed by atoms with E-state index >= 15 is 0 Å². The third kappa shape index (κ3) is 4.32. The molecule has 4 nitrogen and oxygen atoms in total. The standard InChI is InChI=1S/C15H21NO3/c1-6-12(5)19-15(17)16-13-8-10(3)14(18-7-2)11(4)9-13/h6,8-9,12H,1,7H2,2-5H3,(H,16,17). The fourth-order valence-electron chi connectivity index (χ4n) is 1.76. The minimum Gasteiger partial charge on any atom is -0.493 e. The van der Waals surface area contributed by atoms with Gasteiger partial charge >= 0.3 is 6.09 Å². The molecule has 4 heteroatoms. The Morgan fingerprint density at radius 1 is 1.42 bits per heavy atom. The molecule has 0 fully saturated rings. The molecule has 0 saturated heterocycles. The minimum atomic E-state index is -0.490. The molecular weight excluding hydrogens is 242 g/mol. The van der Waals surface area contributed by atoms with Crippen LogP contribution < -0.4 is 10.1 Å². The van der Waals surface area contributed by atoms with E-state index < -0.39 is 6.09 Å². The Morgan fingerprint density at radius 3 is 2.47 bits per heavy atom. The van der Waals surface area contributed by atoms with Crippen LogP contribution in [0.4, 0.5) is 10.5 Å². The van der Waals surface area contributed by atoms with Crippen molar-refractivity contribution >= 4 is 11.8 Å². The molecule has 0 bridgehead atoms. The van der Waals surface area contributed by atoms with Gasteiger partial charge in [-0.05, 0) is 51.0 Å². The molecule has 1 atom stereocenters. The van der Waals surface area contributed by atoms with Gasteiger partial charge in [0, 0.05) is 5.69 Å². The van der Waals surface area contributed by atoms with Crippen molar-refractivity contribution in [1.29, 1.82) is 0 Å². The molecule has 0 aliphatic rings. The van der Waals surface area contributed by atoms with Gasteiger partial charge in [-0.2, -0.15) is 0 Å². The van der Waals surface area contributed by atoms with E-state index in [0.717, 1.165) is 16.9 Å². The summed E-state index contributed by atoms with van der Waals surface area (Å²) in [6, 6.07) is 3.72. The van der Waals surface area contributed by atoms with Gasteiger partial charge in [0.15, 0.2) is 0 Å². The number of aryl methyl sites for hydroxylation is 2. The van der Waals surface area contributed by atoms with Crippen LogP contribution in [0.25, 0.3) is 0 Å². The minimum absolute atomic E-state index is 0.315. The topological polar surface area (TPSA) is 47.6 Å². The molecule has 19 heavy (non-hydrogen) atoms. The van der Waals surface area contributed by atoms with Gasteiger partial charge in [-0.3, -0.25) is 5.32 Å². The van der Waals surface area contributed by atoms with Gasteiger partial charge in [0.2, 0.25) is 0 Å². The number of hydrogen-bond donors (Lipinski definition) is 1. The lowest BCUT2D eigenvalue weighted by molar-refractivity contribution is 0.142. The third-order valence-corrected chi connectivity index (χ3v) is 2.62. The van der Waals surface area contributed by atoms with E-state index in [4.69, 9.17) is 9.47 Å². The van der Waals surface area contributed by atoms with Crippen molar-refractivity contribution in [3.8, 4) is 5.75 Å². The monoisotopic (exact) mass is 263 g/mol. The first-order chi connectivity index (χ1) is 8.97. The summed E-state index contributed by atoms with van der Waals surface area (Å²) in [5.41, 5.74) is 2.66. The van der Waals surface area contributed by atoms with E-state index in [1.54, 1.807) is 13.0 Å². The van der Waals surface area contributed by atoms with Crippen LogP contribution in [-0.2, 0) is 4.74 Å². The number of rotatable bonds is 5. The summed E-state index contributed by atoms with van der Waals surface area (Å²) in [4.78, 5) is 11.6. The van der Waals surface area contributed by atoms with Crippen LogP contribution in [0, 0.1) is 13.8 Å². The fraction of sp³-hybridized carbons (Fsp3) is 0.400. The fourth-order valence-corrected chi connectivity index (χ4v) is 1.76. The first-order valence-corrected chi connectivity index (χ1v) is 6.32. The van der Waals surface area contributed by atoms with E-state index in [9.17, 15) is 4.79 Å². The Labute approximate surface area is 114 Å². The van der Waals surface area contributed by atoms with Crippen molar-refractivity contribution in [3.63, 3.8) is 0 Å². The van der Waals surface area contributed by atoms with Gasteiger partial charge in [-0.1, -0.05) is 12.7 Å². The third-order valence-electron chi connectivity index (χ3n) is 2.62. The van der Waals surface area contributed by atoms with Crippen LogP contribution in [0.2, 0.25) is 0 Å². The molecule has 1 amide bonds. The molecule has 0 saturated carbocycles. The second-order valence-corrected chi connectivity index (χ2v) is 4.34. The zero-order valence-corrected chi connectivity index (χ0v) is 11.9. The van der Waals surface area contributed by atoms with Gasteiger partial charge in [0.05, 0.1) is 6.61 Å². The van der Waals surface area contributed by atoms with Crippen molar-refractivity contribution < 1.29 is 14.3 Å². The lowest BCUT2D eigenvalue weighted by atomic mass is 10.1. The van der Waals surface area contributed by atoms with E-state index in [1.165, 1.54) is 0 Å². The van der Waals surface area contributed by atoms with Crippen molar-refractivity contribution in [2.75, 3.05) is 11.9 Å². The van der Waals surface area contributed by atoms with Crippen molar-refractivity contribution in [3.05, 3.63) is 35.9 Å². The average molecular weight is 263 g/mol. The van der Waals surface area contributed by atoms with Crippen LogP contribution in [0.3, 0.4) is 0 Å². The number of benzene rings is 1. The Bertz CT molecular complexity index is 445. The van der Waals surface area contributed by atoms with E-state index in [1.807, 2.05) is 32.9 Å². The smallest absolute Gasteiger partial charge is 0.412 e. The Hall–Kier alpha value is -1.97. The molecule has 1 aromatic rings. The summed E-state index contributed by atoms with van der Waals surface area (Å²) < 4.78 is 10.6. The van der Waals surface area contributed by atoms with E-state index in [0.29, 0.717) is 12.3 Å². The van der Waals surface area contributed by atoms with Gasteiger partial charge in [0.25, 0.3) is 0 Å². The van der Waals surface area contributed by atoms with Crippen LogP contribution in [0.15, 0.2) is 24.8 Å². The summed E-state index contributed by atoms with van der Waals surface area (Å²) in [7, 11) is 0. The maximum atomic E-state index is 11.6. The summed E-state index contributed by atoms with van der Waals surface area (Å²) >= 11 is 0. The summed E-state index contributed by atoms with van der Waals surface area (Å²) in [6.07, 6.45) is 0.758. The van der Waals surface area contributed by atoms with Gasteiger partial charge in [0.1, 0.15) is 11.9 Å². The zero-order chi connectivity index (χ0) is 14.4. The number of nitrogens with one attached hydrogen (secondary N) is 1. The van der Waals surface area contributed by atoms with Crippen molar-refractivity contribution in [2.24, 2.45) is 0 Å². The maximum absolute atomic E-state index is 11.6. The molecule has 1 N–H and O–H groups in total. The molecule has 0 aliphatic carbocycles. The highest BCUT2D eigenvalue weighted by Gasteiger charge is 2.10.